The zero-order chi connectivity index (χ0) is 11.7. The average Bonchev–Trinajstić information content (AvgIpc) is 2.55. The maximum atomic E-state index is 11.6. The van der Waals surface area contributed by atoms with Gasteiger partial charge < -0.3 is 10.3 Å². The Morgan fingerprint density at radius 1 is 1.38 bits per heavy atom. The van der Waals surface area contributed by atoms with Crippen LogP contribution in [0.25, 0.3) is 0 Å². The molecule has 0 amide bonds. The minimum absolute atomic E-state index is 0.0708. The van der Waals surface area contributed by atoms with Crippen LogP contribution in [0.1, 0.15) is 5.56 Å². The molecule has 2 rings (SSSR count). The maximum absolute atomic E-state index is 11.6. The molecular formula is C11H12ClN3O. The van der Waals surface area contributed by atoms with Gasteiger partial charge in [-0.15, -0.1) is 0 Å². The summed E-state index contributed by atoms with van der Waals surface area (Å²) < 4.78 is 3.10. The summed E-state index contributed by atoms with van der Waals surface area (Å²) in [6, 6.07) is 5.25. The van der Waals surface area contributed by atoms with Crippen molar-refractivity contribution in [3.63, 3.8) is 0 Å². The molecule has 84 valence electrons. The van der Waals surface area contributed by atoms with E-state index < -0.39 is 0 Å². The second kappa shape index (κ2) is 4.06. The molecule has 1 heterocycles. The van der Waals surface area contributed by atoms with Crippen molar-refractivity contribution in [1.82, 2.24) is 9.13 Å². The Morgan fingerprint density at radius 3 is 2.75 bits per heavy atom. The smallest absolute Gasteiger partial charge is 0.328 e. The molecule has 0 atom stereocenters. The Labute approximate surface area is 97.9 Å². The number of nitrogen functional groups attached to an aromatic ring is 1. The van der Waals surface area contributed by atoms with E-state index in [0.717, 1.165) is 5.56 Å². The molecule has 0 unspecified atom stereocenters. The summed E-state index contributed by atoms with van der Waals surface area (Å²) in [5.74, 6) is 0. The van der Waals surface area contributed by atoms with Crippen LogP contribution in [0.4, 0.5) is 5.69 Å². The fourth-order valence-corrected chi connectivity index (χ4v) is 1.71. The van der Waals surface area contributed by atoms with Crippen molar-refractivity contribution >= 4 is 17.3 Å². The lowest BCUT2D eigenvalue weighted by Crippen LogP contribution is -2.22. The van der Waals surface area contributed by atoms with Crippen molar-refractivity contribution in [2.45, 2.75) is 6.54 Å². The Bertz CT molecular complexity index is 571. The lowest BCUT2D eigenvalue weighted by molar-refractivity contribution is 0.718. The van der Waals surface area contributed by atoms with Crippen LogP contribution in [0.3, 0.4) is 0 Å². The van der Waals surface area contributed by atoms with E-state index >= 15 is 0 Å². The van der Waals surface area contributed by atoms with Crippen LogP contribution in [0.2, 0.25) is 5.02 Å². The van der Waals surface area contributed by atoms with Gasteiger partial charge in [0.1, 0.15) is 0 Å². The summed E-state index contributed by atoms with van der Waals surface area (Å²) >= 11 is 6.03. The summed E-state index contributed by atoms with van der Waals surface area (Å²) in [5, 5.41) is 0.616. The molecule has 0 bridgehead atoms. The fourth-order valence-electron chi connectivity index (χ4n) is 1.53. The van der Waals surface area contributed by atoms with Crippen LogP contribution >= 0.6 is 11.6 Å². The Kier molecular flexibility index (Phi) is 2.75. The number of rotatable bonds is 2. The molecule has 2 aromatic rings. The molecule has 5 heteroatoms. The number of benzene rings is 1. The summed E-state index contributed by atoms with van der Waals surface area (Å²) in [7, 11) is 1.71. The SMILES string of the molecule is Cn1ccn(Cc2cc(N)ccc2Cl)c1=O. The van der Waals surface area contributed by atoms with Gasteiger partial charge in [0.15, 0.2) is 0 Å². The molecule has 0 saturated carbocycles. The first-order valence-electron chi connectivity index (χ1n) is 4.83. The Morgan fingerprint density at radius 2 is 2.12 bits per heavy atom. The highest BCUT2D eigenvalue weighted by atomic mass is 35.5. The van der Waals surface area contributed by atoms with Gasteiger partial charge in [-0.3, -0.25) is 4.57 Å². The van der Waals surface area contributed by atoms with Crippen LogP contribution in [0, 0.1) is 0 Å². The first-order valence-corrected chi connectivity index (χ1v) is 5.21. The third kappa shape index (κ3) is 1.97. The predicted octanol–water partition coefficient (Wildman–Crippen LogP) is 1.47. The molecule has 0 spiro atoms. The zero-order valence-corrected chi connectivity index (χ0v) is 9.61. The van der Waals surface area contributed by atoms with Gasteiger partial charge >= 0.3 is 5.69 Å². The minimum atomic E-state index is -0.0708. The lowest BCUT2D eigenvalue weighted by atomic mass is 10.2. The highest BCUT2D eigenvalue weighted by molar-refractivity contribution is 6.31. The van der Waals surface area contributed by atoms with E-state index in [1.807, 2.05) is 0 Å². The van der Waals surface area contributed by atoms with Gasteiger partial charge in [0.25, 0.3) is 0 Å². The number of hydrogen-bond acceptors (Lipinski definition) is 2. The number of nitrogens with two attached hydrogens (primary N) is 1. The topological polar surface area (TPSA) is 52.9 Å². The number of nitrogens with zero attached hydrogens (tertiary/aromatic N) is 2. The van der Waals surface area contributed by atoms with Gasteiger partial charge in [0.2, 0.25) is 0 Å². The van der Waals surface area contributed by atoms with Crippen molar-refractivity contribution < 1.29 is 0 Å². The third-order valence-corrected chi connectivity index (χ3v) is 2.80. The molecule has 2 N–H and O–H groups in total. The molecule has 0 saturated heterocycles. The number of aryl methyl sites for hydroxylation is 1. The van der Waals surface area contributed by atoms with Crippen molar-refractivity contribution in [1.29, 1.82) is 0 Å². The number of halogens is 1. The average molecular weight is 238 g/mol. The summed E-state index contributed by atoms with van der Waals surface area (Å²) in [6.07, 6.45) is 3.43. The summed E-state index contributed by atoms with van der Waals surface area (Å²) in [5.41, 5.74) is 7.09. The standard InChI is InChI=1S/C11H12ClN3O/c1-14-4-5-15(11(14)16)7-8-6-9(13)2-3-10(8)12/h2-6H,7,13H2,1H3. The molecule has 0 aliphatic carbocycles. The van der Waals surface area contributed by atoms with Crippen molar-refractivity contribution in [3.8, 4) is 0 Å². The first-order chi connectivity index (χ1) is 7.58. The van der Waals surface area contributed by atoms with Gasteiger partial charge in [0, 0.05) is 30.2 Å². The fraction of sp³-hybridized carbons (Fsp3) is 0.182. The highest BCUT2D eigenvalue weighted by Gasteiger charge is 2.05. The summed E-state index contributed by atoms with van der Waals surface area (Å²) in [6.45, 7) is 0.434. The van der Waals surface area contributed by atoms with Crippen LogP contribution < -0.4 is 11.4 Å². The quantitative estimate of drug-likeness (QED) is 0.805. The molecule has 0 aliphatic heterocycles. The van der Waals surface area contributed by atoms with Crippen molar-refractivity contribution in [2.24, 2.45) is 7.05 Å². The monoisotopic (exact) mass is 237 g/mol. The van der Waals surface area contributed by atoms with Gasteiger partial charge in [-0.25, -0.2) is 4.79 Å². The highest BCUT2D eigenvalue weighted by Crippen LogP contribution is 2.19. The molecular weight excluding hydrogens is 226 g/mol. The molecule has 0 aliphatic rings. The van der Waals surface area contributed by atoms with Crippen molar-refractivity contribution in [2.75, 3.05) is 5.73 Å². The summed E-state index contributed by atoms with van der Waals surface area (Å²) in [4.78, 5) is 11.6. The molecule has 1 aromatic carbocycles. The van der Waals surface area contributed by atoms with E-state index in [4.69, 9.17) is 17.3 Å². The molecule has 0 fully saturated rings. The Balaban J connectivity index is 2.37. The van der Waals surface area contributed by atoms with Crippen LogP contribution in [-0.4, -0.2) is 9.13 Å². The van der Waals surface area contributed by atoms with E-state index in [2.05, 4.69) is 0 Å². The van der Waals surface area contributed by atoms with E-state index in [0.29, 0.717) is 17.3 Å². The number of imidazole rings is 1. The normalized spacial score (nSPS) is 10.6. The van der Waals surface area contributed by atoms with Crippen molar-refractivity contribution in [3.05, 3.63) is 51.7 Å². The number of aromatic nitrogens is 2. The van der Waals surface area contributed by atoms with Gasteiger partial charge in [-0.2, -0.15) is 0 Å². The zero-order valence-electron chi connectivity index (χ0n) is 8.85. The van der Waals surface area contributed by atoms with Gasteiger partial charge in [0.05, 0.1) is 6.54 Å². The second-order valence-electron chi connectivity index (χ2n) is 3.67. The predicted molar refractivity (Wildman–Crippen MR) is 64.6 cm³/mol. The van der Waals surface area contributed by atoms with Gasteiger partial charge in [-0.05, 0) is 23.8 Å². The molecule has 1 aromatic heterocycles. The van der Waals surface area contributed by atoms with E-state index in [1.54, 1.807) is 42.2 Å². The van der Waals surface area contributed by atoms with E-state index in [-0.39, 0.29) is 5.69 Å². The molecule has 16 heavy (non-hydrogen) atoms. The lowest BCUT2D eigenvalue weighted by Gasteiger charge is -2.05. The second-order valence-corrected chi connectivity index (χ2v) is 4.08. The minimum Gasteiger partial charge on any atom is -0.399 e. The number of anilines is 1. The van der Waals surface area contributed by atoms with E-state index in [9.17, 15) is 4.79 Å². The molecule has 4 nitrogen and oxygen atoms in total. The van der Waals surface area contributed by atoms with Crippen LogP contribution in [0.5, 0.6) is 0 Å². The van der Waals surface area contributed by atoms with Gasteiger partial charge in [-0.1, -0.05) is 11.6 Å². The Hall–Kier alpha value is -1.68. The van der Waals surface area contributed by atoms with E-state index in [1.165, 1.54) is 4.57 Å². The van der Waals surface area contributed by atoms with Crippen LogP contribution in [-0.2, 0) is 13.6 Å². The first kappa shape index (κ1) is 10.8. The third-order valence-electron chi connectivity index (χ3n) is 2.43. The number of hydrogen-bond donors (Lipinski definition) is 1. The molecule has 0 radical (unpaired) electrons. The maximum Gasteiger partial charge on any atom is 0.328 e. The largest absolute Gasteiger partial charge is 0.399 e. The van der Waals surface area contributed by atoms with Crippen LogP contribution in [0.15, 0.2) is 35.4 Å².